The molecule has 0 amide bonds. The van der Waals surface area contributed by atoms with Crippen molar-refractivity contribution in [2.45, 2.75) is 32.2 Å². The topological polar surface area (TPSA) is 57.4 Å². The number of aromatic nitrogens is 1. The molecule has 0 bridgehead atoms. The fourth-order valence-electron chi connectivity index (χ4n) is 2.62. The first-order chi connectivity index (χ1) is 9.66. The molecule has 114 valence electrons. The Bertz CT molecular complexity index is 643. The van der Waals surface area contributed by atoms with Crippen LogP contribution in [0.15, 0.2) is 29.4 Å². The molecule has 3 rings (SSSR count). The molecule has 5 heteroatoms. The summed E-state index contributed by atoms with van der Waals surface area (Å²) in [6.07, 6.45) is 5.50. The van der Waals surface area contributed by atoms with Gasteiger partial charge in [0.2, 0.25) is 0 Å². The van der Waals surface area contributed by atoms with E-state index in [1.54, 1.807) is 0 Å². The maximum absolute atomic E-state index is 6.00. The Morgan fingerprint density at radius 3 is 2.90 bits per heavy atom. The van der Waals surface area contributed by atoms with E-state index >= 15 is 0 Å². The van der Waals surface area contributed by atoms with Gasteiger partial charge in [0.15, 0.2) is 5.96 Å². The quantitative estimate of drug-likeness (QED) is 0.473. The van der Waals surface area contributed by atoms with Crippen molar-refractivity contribution in [1.82, 2.24) is 9.88 Å². The predicted octanol–water partition coefficient (Wildman–Crippen LogP) is 3.05. The highest BCUT2D eigenvalue weighted by Crippen LogP contribution is 2.25. The Balaban J connectivity index is 0.00000161. The number of aromatic amines is 1. The monoisotopic (exact) mass is 398 g/mol. The second kappa shape index (κ2) is 6.68. The molecule has 0 saturated heterocycles. The number of para-hydroxylation sites is 1. The number of guanidine groups is 1. The normalized spacial score (nSPS) is 15.0. The minimum absolute atomic E-state index is 0. The molecule has 0 radical (unpaired) electrons. The van der Waals surface area contributed by atoms with Gasteiger partial charge >= 0.3 is 0 Å². The van der Waals surface area contributed by atoms with Crippen molar-refractivity contribution in [3.8, 4) is 0 Å². The molecule has 0 aliphatic heterocycles. The van der Waals surface area contributed by atoms with Crippen molar-refractivity contribution < 1.29 is 0 Å². The van der Waals surface area contributed by atoms with E-state index in [1.165, 1.54) is 34.9 Å². The highest BCUT2D eigenvalue weighted by Gasteiger charge is 2.27. The van der Waals surface area contributed by atoms with Gasteiger partial charge in [0.05, 0.1) is 0 Å². The smallest absolute Gasteiger partial charge is 0.191 e. The number of nitrogens with one attached hydrogen (secondary N) is 1. The van der Waals surface area contributed by atoms with E-state index < -0.39 is 0 Å². The fourth-order valence-corrected chi connectivity index (χ4v) is 2.62. The van der Waals surface area contributed by atoms with Gasteiger partial charge in [-0.15, -0.1) is 24.0 Å². The van der Waals surface area contributed by atoms with E-state index in [1.807, 2.05) is 7.05 Å². The Hall–Kier alpha value is -1.24. The minimum atomic E-state index is 0. The third-order valence-electron chi connectivity index (χ3n) is 4.12. The van der Waals surface area contributed by atoms with Gasteiger partial charge in [-0.05, 0) is 37.3 Å². The van der Waals surface area contributed by atoms with Gasteiger partial charge in [-0.2, -0.15) is 0 Å². The number of aryl methyl sites for hydroxylation is 1. The zero-order chi connectivity index (χ0) is 14.1. The molecule has 1 aliphatic rings. The van der Waals surface area contributed by atoms with Gasteiger partial charge in [-0.1, -0.05) is 18.2 Å². The Morgan fingerprint density at radius 1 is 1.43 bits per heavy atom. The number of benzene rings is 1. The molecule has 0 unspecified atom stereocenters. The third-order valence-corrected chi connectivity index (χ3v) is 4.12. The lowest BCUT2D eigenvalue weighted by atomic mass is 10.1. The fraction of sp³-hybridized carbons (Fsp3) is 0.438. The third kappa shape index (κ3) is 3.51. The predicted molar refractivity (Wildman–Crippen MR) is 99.4 cm³/mol. The van der Waals surface area contributed by atoms with Crippen LogP contribution in [0, 0.1) is 6.92 Å². The average molecular weight is 398 g/mol. The van der Waals surface area contributed by atoms with E-state index in [9.17, 15) is 0 Å². The van der Waals surface area contributed by atoms with Crippen molar-refractivity contribution in [2.24, 2.45) is 10.7 Å². The molecule has 1 fully saturated rings. The number of fused-ring (bicyclic) bond motifs is 1. The van der Waals surface area contributed by atoms with Gasteiger partial charge in [0.25, 0.3) is 0 Å². The van der Waals surface area contributed by atoms with Gasteiger partial charge in [0, 0.05) is 36.7 Å². The molecule has 1 aromatic carbocycles. The van der Waals surface area contributed by atoms with Gasteiger partial charge in [0.1, 0.15) is 0 Å². The molecular weight excluding hydrogens is 375 g/mol. The maximum atomic E-state index is 6.00. The standard InChI is InChI=1S/C16H22N4.HI/c1-11-4-3-5-14-12(10-19-15(11)14)8-9-18-16(17)20(2)13-6-7-13;/h3-5,10,13,19H,6-9H2,1-2H3,(H2,17,18);1H. The first-order valence-corrected chi connectivity index (χ1v) is 7.25. The zero-order valence-corrected chi connectivity index (χ0v) is 14.9. The van der Waals surface area contributed by atoms with Crippen LogP contribution >= 0.6 is 24.0 Å². The van der Waals surface area contributed by atoms with Crippen LogP contribution in [0.2, 0.25) is 0 Å². The average Bonchev–Trinajstić information content (AvgIpc) is 3.20. The summed E-state index contributed by atoms with van der Waals surface area (Å²) in [7, 11) is 2.03. The summed E-state index contributed by atoms with van der Waals surface area (Å²) in [6, 6.07) is 7.02. The van der Waals surface area contributed by atoms with Crippen molar-refractivity contribution in [3.05, 3.63) is 35.5 Å². The Morgan fingerprint density at radius 2 is 2.19 bits per heavy atom. The molecule has 1 saturated carbocycles. The van der Waals surface area contributed by atoms with Crippen molar-refractivity contribution in [3.63, 3.8) is 0 Å². The summed E-state index contributed by atoms with van der Waals surface area (Å²) >= 11 is 0. The Labute approximate surface area is 142 Å². The van der Waals surface area contributed by atoms with E-state index in [-0.39, 0.29) is 24.0 Å². The second-order valence-corrected chi connectivity index (χ2v) is 5.64. The van der Waals surface area contributed by atoms with E-state index in [2.05, 4.69) is 46.2 Å². The van der Waals surface area contributed by atoms with Gasteiger partial charge in [-0.3, -0.25) is 4.99 Å². The molecule has 21 heavy (non-hydrogen) atoms. The molecule has 1 heterocycles. The zero-order valence-electron chi connectivity index (χ0n) is 12.6. The molecule has 1 aliphatic carbocycles. The van der Waals surface area contributed by atoms with Crippen LogP contribution in [0.4, 0.5) is 0 Å². The number of H-pyrrole nitrogens is 1. The number of nitrogens with two attached hydrogens (primary N) is 1. The summed E-state index contributed by atoms with van der Waals surface area (Å²) in [5, 5.41) is 1.30. The molecule has 1 aromatic heterocycles. The highest BCUT2D eigenvalue weighted by atomic mass is 127. The number of halogens is 1. The lowest BCUT2D eigenvalue weighted by Crippen LogP contribution is -2.35. The summed E-state index contributed by atoms with van der Waals surface area (Å²) < 4.78 is 0. The molecular formula is C16H23IN4. The first kappa shape index (κ1) is 16.1. The van der Waals surface area contributed by atoms with Crippen LogP contribution in [0.25, 0.3) is 10.9 Å². The van der Waals surface area contributed by atoms with Crippen LogP contribution in [0.5, 0.6) is 0 Å². The second-order valence-electron chi connectivity index (χ2n) is 5.64. The van der Waals surface area contributed by atoms with Crippen LogP contribution in [-0.4, -0.2) is 35.5 Å². The minimum Gasteiger partial charge on any atom is -0.370 e. The number of hydrogen-bond donors (Lipinski definition) is 2. The summed E-state index contributed by atoms with van der Waals surface area (Å²) in [6.45, 7) is 2.87. The van der Waals surface area contributed by atoms with Crippen LogP contribution in [0.1, 0.15) is 24.0 Å². The molecule has 3 N–H and O–H groups in total. The molecule has 2 aromatic rings. The number of hydrogen-bond acceptors (Lipinski definition) is 1. The summed E-state index contributed by atoms with van der Waals surface area (Å²) in [5.41, 5.74) is 9.83. The Kier molecular flexibility index (Phi) is 5.13. The first-order valence-electron chi connectivity index (χ1n) is 7.25. The number of nitrogens with zero attached hydrogens (tertiary/aromatic N) is 2. The number of aliphatic imine (C=N–C) groups is 1. The van der Waals surface area contributed by atoms with E-state index in [4.69, 9.17) is 5.73 Å². The van der Waals surface area contributed by atoms with E-state index in [0.717, 1.165) is 13.0 Å². The SMILES string of the molecule is Cc1cccc2c(CCN=C(N)N(C)C3CC3)c[nH]c12.I. The van der Waals surface area contributed by atoms with Crippen LogP contribution in [0.3, 0.4) is 0 Å². The van der Waals surface area contributed by atoms with Gasteiger partial charge in [-0.25, -0.2) is 0 Å². The van der Waals surface area contributed by atoms with Crippen molar-refractivity contribution in [1.29, 1.82) is 0 Å². The molecule has 4 nitrogen and oxygen atoms in total. The van der Waals surface area contributed by atoms with Crippen molar-refractivity contribution >= 4 is 40.8 Å². The van der Waals surface area contributed by atoms with Gasteiger partial charge < -0.3 is 15.6 Å². The highest BCUT2D eigenvalue weighted by molar-refractivity contribution is 14.0. The molecule has 0 atom stereocenters. The lowest BCUT2D eigenvalue weighted by Gasteiger charge is -2.16. The molecule has 0 spiro atoms. The van der Waals surface area contributed by atoms with E-state index in [0.29, 0.717) is 12.0 Å². The maximum Gasteiger partial charge on any atom is 0.191 e. The lowest BCUT2D eigenvalue weighted by molar-refractivity contribution is 0.487. The van der Waals surface area contributed by atoms with Crippen molar-refractivity contribution in [2.75, 3.05) is 13.6 Å². The largest absolute Gasteiger partial charge is 0.370 e. The van der Waals surface area contributed by atoms with Crippen LogP contribution < -0.4 is 5.73 Å². The van der Waals surface area contributed by atoms with Crippen LogP contribution in [-0.2, 0) is 6.42 Å². The summed E-state index contributed by atoms with van der Waals surface area (Å²) in [5.74, 6) is 0.670. The number of rotatable bonds is 4. The summed E-state index contributed by atoms with van der Waals surface area (Å²) in [4.78, 5) is 9.95.